The van der Waals surface area contributed by atoms with Crippen LogP contribution in [0.2, 0.25) is 0 Å². The maximum atomic E-state index is 12.9. The first-order chi connectivity index (χ1) is 15.5. The molecule has 0 saturated heterocycles. The fourth-order valence-electron chi connectivity index (χ4n) is 9.70. The molecule has 0 aliphatic heterocycles. The normalized spacial score (nSPS) is 42.5. The molecule has 4 heteroatoms. The summed E-state index contributed by atoms with van der Waals surface area (Å²) in [5.41, 5.74) is 2.22. The second-order valence-corrected chi connectivity index (χ2v) is 14.4. The Bertz CT molecular complexity index is 866. The van der Waals surface area contributed by atoms with E-state index in [2.05, 4.69) is 41.5 Å². The van der Waals surface area contributed by atoms with Gasteiger partial charge in [0.25, 0.3) is 0 Å². The van der Waals surface area contributed by atoms with Gasteiger partial charge in [-0.15, -0.1) is 0 Å². The predicted molar refractivity (Wildman–Crippen MR) is 136 cm³/mol. The summed E-state index contributed by atoms with van der Waals surface area (Å²) in [5.74, 6) is 1.77. The summed E-state index contributed by atoms with van der Waals surface area (Å²) in [4.78, 5) is 12.9. The lowest BCUT2D eigenvalue weighted by Crippen LogP contribution is -2.62. The lowest BCUT2D eigenvalue weighted by Gasteiger charge is -2.68. The number of rotatable bonds is 5. The topological polar surface area (TPSA) is 77.8 Å². The number of aliphatic hydroxyl groups excluding tert-OH is 2. The summed E-state index contributed by atoms with van der Waals surface area (Å²) in [7, 11) is 0. The number of hydrogen-bond donors (Lipinski definition) is 3. The number of carbonyl (C=O) groups excluding carboxylic acids is 1. The molecule has 4 rings (SSSR count). The Hall–Kier alpha value is -0.710. The fourth-order valence-corrected chi connectivity index (χ4v) is 9.70. The van der Waals surface area contributed by atoms with Gasteiger partial charge in [-0.05, 0) is 99.2 Å². The third kappa shape index (κ3) is 3.60. The van der Waals surface area contributed by atoms with Crippen LogP contribution in [0.3, 0.4) is 0 Å². The summed E-state index contributed by atoms with van der Waals surface area (Å²) < 4.78 is 0. The number of carbonyl (C=O) groups is 1. The van der Waals surface area contributed by atoms with Gasteiger partial charge in [0.05, 0.1) is 11.7 Å². The Morgan fingerprint density at radius 2 is 1.59 bits per heavy atom. The zero-order valence-electron chi connectivity index (χ0n) is 23.0. The van der Waals surface area contributed by atoms with Crippen LogP contribution in [0, 0.1) is 39.4 Å². The highest BCUT2D eigenvalue weighted by atomic mass is 16.4. The first-order valence-electron chi connectivity index (χ1n) is 13.8. The van der Waals surface area contributed by atoms with Gasteiger partial charge in [-0.25, -0.2) is 0 Å². The molecule has 3 fully saturated rings. The monoisotopic (exact) mass is 474 g/mol. The molecule has 0 spiro atoms. The van der Waals surface area contributed by atoms with Crippen molar-refractivity contribution in [3.05, 3.63) is 11.1 Å². The minimum absolute atomic E-state index is 0.166. The Morgan fingerprint density at radius 3 is 2.21 bits per heavy atom. The van der Waals surface area contributed by atoms with Gasteiger partial charge < -0.3 is 15.3 Å². The zero-order chi connectivity index (χ0) is 25.5. The van der Waals surface area contributed by atoms with Crippen molar-refractivity contribution in [2.45, 2.75) is 131 Å². The molecule has 0 aromatic carbocycles. The van der Waals surface area contributed by atoms with E-state index in [9.17, 15) is 20.1 Å². The molecule has 4 nitrogen and oxygen atoms in total. The van der Waals surface area contributed by atoms with Gasteiger partial charge in [-0.1, -0.05) is 52.7 Å². The number of aliphatic hydroxyl groups is 3. The summed E-state index contributed by atoms with van der Waals surface area (Å²) in [6, 6.07) is 0. The van der Waals surface area contributed by atoms with Crippen LogP contribution < -0.4 is 0 Å². The fraction of sp³-hybridized carbons (Fsp3) is 0.900. The predicted octanol–water partition coefficient (Wildman–Crippen LogP) is 5.82. The highest BCUT2D eigenvalue weighted by Gasteiger charge is 2.66. The summed E-state index contributed by atoms with van der Waals surface area (Å²) in [6.07, 6.45) is 7.08. The van der Waals surface area contributed by atoms with Gasteiger partial charge >= 0.3 is 0 Å². The molecule has 194 valence electrons. The van der Waals surface area contributed by atoms with E-state index in [1.54, 1.807) is 19.4 Å². The van der Waals surface area contributed by atoms with Crippen molar-refractivity contribution in [3.63, 3.8) is 0 Å². The van der Waals surface area contributed by atoms with Gasteiger partial charge in [0.2, 0.25) is 0 Å². The van der Waals surface area contributed by atoms with Crippen LogP contribution in [0.5, 0.6) is 0 Å². The minimum atomic E-state index is -1.31. The Labute approximate surface area is 207 Å². The standard InChI is InChI=1S/C30H50O4/c1-18(17-21(31)25(33)27(4,5)34)19-11-15-29(7)20(19)9-10-23-28(6)14-13-24(32)26(2,3)22(28)12-16-30(23,29)8/h18,21-23,25,31,33-34H,9-17H2,1-8H3. The van der Waals surface area contributed by atoms with Crippen LogP contribution in [0.25, 0.3) is 0 Å². The minimum Gasteiger partial charge on any atom is -0.390 e. The SMILES string of the molecule is CC(CC(O)C(O)C(C)(C)O)C1=C2CCC3C4(C)CCC(=O)C(C)(C)C4CCC3(C)C2(C)CC1. The van der Waals surface area contributed by atoms with Crippen LogP contribution >= 0.6 is 0 Å². The third-order valence-electron chi connectivity index (χ3n) is 12.0. The molecule has 4 aliphatic rings. The number of fused-ring (bicyclic) bond motifs is 5. The smallest absolute Gasteiger partial charge is 0.138 e. The van der Waals surface area contributed by atoms with Gasteiger partial charge in [-0.2, -0.15) is 0 Å². The Kier molecular flexibility index (Phi) is 6.32. The molecular weight excluding hydrogens is 424 g/mol. The number of ketones is 1. The highest BCUT2D eigenvalue weighted by molar-refractivity contribution is 5.85. The first-order valence-corrected chi connectivity index (χ1v) is 13.8. The van der Waals surface area contributed by atoms with Crippen LogP contribution in [-0.2, 0) is 4.79 Å². The van der Waals surface area contributed by atoms with Crippen molar-refractivity contribution >= 4 is 5.78 Å². The maximum absolute atomic E-state index is 12.9. The number of hydrogen-bond acceptors (Lipinski definition) is 4. The molecule has 8 unspecified atom stereocenters. The van der Waals surface area contributed by atoms with Crippen LogP contribution in [0.4, 0.5) is 0 Å². The van der Waals surface area contributed by atoms with E-state index in [1.807, 2.05) is 0 Å². The Balaban J connectivity index is 1.63. The van der Waals surface area contributed by atoms with Crippen molar-refractivity contribution in [2.24, 2.45) is 39.4 Å². The molecule has 8 atom stereocenters. The lowest BCUT2D eigenvalue weighted by atomic mass is 9.36. The van der Waals surface area contributed by atoms with E-state index in [0.717, 1.165) is 32.1 Å². The molecule has 0 aromatic heterocycles. The van der Waals surface area contributed by atoms with Crippen molar-refractivity contribution < 1.29 is 20.1 Å². The van der Waals surface area contributed by atoms with E-state index in [0.29, 0.717) is 24.0 Å². The molecule has 0 aromatic rings. The summed E-state index contributed by atoms with van der Waals surface area (Å²) in [6.45, 7) is 17.3. The van der Waals surface area contributed by atoms with Gasteiger partial charge in [-0.3, -0.25) is 4.79 Å². The van der Waals surface area contributed by atoms with Crippen molar-refractivity contribution in [2.75, 3.05) is 0 Å². The molecular formula is C30H50O4. The van der Waals surface area contributed by atoms with E-state index in [-0.39, 0.29) is 27.6 Å². The van der Waals surface area contributed by atoms with E-state index in [1.165, 1.54) is 24.8 Å². The largest absolute Gasteiger partial charge is 0.390 e. The van der Waals surface area contributed by atoms with E-state index < -0.39 is 17.8 Å². The average molecular weight is 475 g/mol. The molecule has 34 heavy (non-hydrogen) atoms. The van der Waals surface area contributed by atoms with Gasteiger partial charge in [0, 0.05) is 11.8 Å². The summed E-state index contributed by atoms with van der Waals surface area (Å²) >= 11 is 0. The van der Waals surface area contributed by atoms with Gasteiger partial charge in [0.1, 0.15) is 11.9 Å². The highest BCUT2D eigenvalue weighted by Crippen LogP contribution is 2.74. The molecule has 0 heterocycles. The number of Topliss-reactive ketones (excluding diaryl/α,β-unsaturated/α-hetero) is 1. The second kappa shape index (κ2) is 8.15. The maximum Gasteiger partial charge on any atom is 0.138 e. The first kappa shape index (κ1) is 26.4. The molecule has 3 saturated carbocycles. The number of allylic oxidation sites excluding steroid dienone is 2. The molecule has 0 radical (unpaired) electrons. The van der Waals surface area contributed by atoms with Crippen molar-refractivity contribution in [3.8, 4) is 0 Å². The average Bonchev–Trinajstić information content (AvgIpc) is 3.08. The van der Waals surface area contributed by atoms with Crippen LogP contribution in [0.1, 0.15) is 113 Å². The second-order valence-electron chi connectivity index (χ2n) is 14.4. The van der Waals surface area contributed by atoms with Crippen LogP contribution in [-0.4, -0.2) is 38.9 Å². The van der Waals surface area contributed by atoms with Gasteiger partial charge in [0.15, 0.2) is 0 Å². The Morgan fingerprint density at radius 1 is 0.941 bits per heavy atom. The molecule has 0 amide bonds. The molecule has 4 aliphatic carbocycles. The van der Waals surface area contributed by atoms with E-state index >= 15 is 0 Å². The third-order valence-corrected chi connectivity index (χ3v) is 12.0. The molecule has 0 bridgehead atoms. The van der Waals surface area contributed by atoms with E-state index in [4.69, 9.17) is 0 Å². The van der Waals surface area contributed by atoms with Crippen molar-refractivity contribution in [1.82, 2.24) is 0 Å². The zero-order valence-corrected chi connectivity index (χ0v) is 23.0. The quantitative estimate of drug-likeness (QED) is 0.439. The summed E-state index contributed by atoms with van der Waals surface area (Å²) in [5, 5.41) is 31.2. The lowest BCUT2D eigenvalue weighted by molar-refractivity contribution is -0.180. The van der Waals surface area contributed by atoms with Crippen molar-refractivity contribution in [1.29, 1.82) is 0 Å². The van der Waals surface area contributed by atoms with Crippen LogP contribution in [0.15, 0.2) is 11.1 Å². The molecule has 3 N–H and O–H groups in total.